The predicted octanol–water partition coefficient (Wildman–Crippen LogP) is 4.04. The zero-order valence-corrected chi connectivity index (χ0v) is 13.3. The van der Waals surface area contributed by atoms with E-state index in [1.165, 1.54) is 31.4 Å². The summed E-state index contributed by atoms with van der Waals surface area (Å²) in [7, 11) is 1.28. The number of hydrogen-bond acceptors (Lipinski definition) is 5. The van der Waals surface area contributed by atoms with Crippen molar-refractivity contribution in [3.63, 3.8) is 0 Å². The molecule has 7 heteroatoms. The highest BCUT2D eigenvalue weighted by Crippen LogP contribution is 2.23. The Morgan fingerprint density at radius 3 is 2.50 bits per heavy atom. The lowest BCUT2D eigenvalue weighted by Crippen LogP contribution is -2.05. The van der Waals surface area contributed by atoms with Crippen LogP contribution in [-0.2, 0) is 16.1 Å². The lowest BCUT2D eigenvalue weighted by molar-refractivity contribution is 0.0444. The van der Waals surface area contributed by atoms with Gasteiger partial charge in [0, 0.05) is 0 Å². The van der Waals surface area contributed by atoms with Gasteiger partial charge < -0.3 is 13.9 Å². The van der Waals surface area contributed by atoms with Crippen LogP contribution < -0.4 is 0 Å². The largest absolute Gasteiger partial charge is 0.465 e. The Bertz CT molecular complexity index is 721. The molecule has 0 saturated carbocycles. The van der Waals surface area contributed by atoms with Gasteiger partial charge in [0.15, 0.2) is 0 Å². The van der Waals surface area contributed by atoms with E-state index in [1.54, 1.807) is 6.92 Å². The van der Waals surface area contributed by atoms with Crippen LogP contribution in [0.1, 0.15) is 32.2 Å². The molecule has 0 unspecified atom stereocenters. The molecular formula is C15H12Cl2O5. The summed E-state index contributed by atoms with van der Waals surface area (Å²) in [6.45, 7) is 1.51. The third-order valence-electron chi connectivity index (χ3n) is 2.87. The molecule has 0 radical (unpaired) electrons. The molecule has 0 atom stereocenters. The molecular weight excluding hydrogens is 331 g/mol. The van der Waals surface area contributed by atoms with Crippen LogP contribution in [0.15, 0.2) is 28.7 Å². The minimum Gasteiger partial charge on any atom is -0.465 e. The molecule has 1 aromatic carbocycles. The average Bonchev–Trinajstić information content (AvgIpc) is 2.87. The number of carbonyl (C=O) groups is 2. The second-order valence-corrected chi connectivity index (χ2v) is 5.19. The van der Waals surface area contributed by atoms with Crippen molar-refractivity contribution in [3.05, 3.63) is 57.0 Å². The number of aryl methyl sites for hydroxylation is 1. The number of furan rings is 1. The molecule has 5 nitrogen and oxygen atoms in total. The van der Waals surface area contributed by atoms with Crippen molar-refractivity contribution >= 4 is 35.1 Å². The van der Waals surface area contributed by atoms with Gasteiger partial charge in [0.1, 0.15) is 23.7 Å². The van der Waals surface area contributed by atoms with Crippen LogP contribution >= 0.6 is 23.2 Å². The van der Waals surface area contributed by atoms with E-state index in [9.17, 15) is 9.59 Å². The summed E-state index contributed by atoms with van der Waals surface area (Å²) >= 11 is 11.6. The molecule has 0 amide bonds. The molecule has 22 heavy (non-hydrogen) atoms. The number of halogens is 2. The van der Waals surface area contributed by atoms with E-state index in [0.717, 1.165) is 0 Å². The van der Waals surface area contributed by atoms with Gasteiger partial charge in [0.05, 0.1) is 22.7 Å². The highest BCUT2D eigenvalue weighted by atomic mass is 35.5. The highest BCUT2D eigenvalue weighted by molar-refractivity contribution is 6.42. The van der Waals surface area contributed by atoms with Gasteiger partial charge in [0.2, 0.25) is 0 Å². The maximum atomic E-state index is 11.9. The summed E-state index contributed by atoms with van der Waals surface area (Å²) in [5.41, 5.74) is 0.564. The van der Waals surface area contributed by atoms with E-state index in [-0.39, 0.29) is 17.2 Å². The van der Waals surface area contributed by atoms with Crippen molar-refractivity contribution in [3.8, 4) is 0 Å². The Labute approximate surface area is 136 Å². The zero-order valence-electron chi connectivity index (χ0n) is 11.8. The fourth-order valence-electron chi connectivity index (χ4n) is 1.77. The predicted molar refractivity (Wildman–Crippen MR) is 80.4 cm³/mol. The van der Waals surface area contributed by atoms with E-state index >= 15 is 0 Å². The standard InChI is InChI=1S/C15H12Cl2O5/c1-8-11(15(19)20-2)6-10(22-8)7-21-14(18)9-3-4-12(16)13(17)5-9/h3-6H,7H2,1-2H3. The molecule has 0 N–H and O–H groups in total. The van der Waals surface area contributed by atoms with Gasteiger partial charge in [-0.05, 0) is 31.2 Å². The molecule has 0 bridgehead atoms. The molecule has 2 aromatic rings. The zero-order chi connectivity index (χ0) is 16.3. The molecule has 1 aromatic heterocycles. The van der Waals surface area contributed by atoms with E-state index in [2.05, 4.69) is 4.74 Å². The lowest BCUT2D eigenvalue weighted by atomic mass is 10.2. The first-order chi connectivity index (χ1) is 10.4. The number of rotatable bonds is 4. The Balaban J connectivity index is 2.05. The third kappa shape index (κ3) is 3.61. The molecule has 0 aliphatic rings. The Morgan fingerprint density at radius 1 is 1.14 bits per heavy atom. The van der Waals surface area contributed by atoms with Gasteiger partial charge in [-0.15, -0.1) is 0 Å². The number of hydrogen-bond donors (Lipinski definition) is 0. The Hall–Kier alpha value is -1.98. The van der Waals surface area contributed by atoms with Crippen LogP contribution in [0.4, 0.5) is 0 Å². The first-order valence-corrected chi connectivity index (χ1v) is 6.97. The van der Waals surface area contributed by atoms with Crippen LogP contribution in [0.25, 0.3) is 0 Å². The van der Waals surface area contributed by atoms with Gasteiger partial charge in [-0.3, -0.25) is 0 Å². The summed E-state index contributed by atoms with van der Waals surface area (Å²) in [6, 6.07) is 5.90. The first-order valence-electron chi connectivity index (χ1n) is 6.22. The Morgan fingerprint density at radius 2 is 1.86 bits per heavy atom. The van der Waals surface area contributed by atoms with Crippen molar-refractivity contribution in [2.45, 2.75) is 13.5 Å². The van der Waals surface area contributed by atoms with Crippen molar-refractivity contribution in [1.82, 2.24) is 0 Å². The fourth-order valence-corrected chi connectivity index (χ4v) is 2.07. The van der Waals surface area contributed by atoms with Gasteiger partial charge in [-0.1, -0.05) is 23.2 Å². The molecule has 0 aliphatic heterocycles. The summed E-state index contributed by atoms with van der Waals surface area (Å²) in [5.74, 6) is -0.353. The van der Waals surface area contributed by atoms with Gasteiger partial charge in [0.25, 0.3) is 0 Å². The van der Waals surface area contributed by atoms with E-state index < -0.39 is 11.9 Å². The first kappa shape index (κ1) is 16.4. The van der Waals surface area contributed by atoms with Crippen LogP contribution in [0.2, 0.25) is 10.0 Å². The number of methoxy groups -OCH3 is 1. The molecule has 2 rings (SSSR count). The molecule has 116 valence electrons. The minimum atomic E-state index is -0.577. The summed E-state index contributed by atoms with van der Waals surface area (Å²) < 4.78 is 15.1. The van der Waals surface area contributed by atoms with Crippen molar-refractivity contribution in [2.75, 3.05) is 7.11 Å². The van der Waals surface area contributed by atoms with Crippen molar-refractivity contribution < 1.29 is 23.5 Å². The van der Waals surface area contributed by atoms with E-state index in [1.807, 2.05) is 0 Å². The highest BCUT2D eigenvalue weighted by Gasteiger charge is 2.17. The molecule has 0 fully saturated rings. The van der Waals surface area contributed by atoms with Crippen molar-refractivity contribution in [1.29, 1.82) is 0 Å². The number of esters is 2. The quantitative estimate of drug-likeness (QED) is 0.784. The van der Waals surface area contributed by atoms with Gasteiger partial charge in [-0.25, -0.2) is 9.59 Å². The number of ether oxygens (including phenoxy) is 2. The monoisotopic (exact) mass is 342 g/mol. The van der Waals surface area contributed by atoms with Crippen molar-refractivity contribution in [2.24, 2.45) is 0 Å². The summed E-state index contributed by atoms with van der Waals surface area (Å²) in [4.78, 5) is 23.4. The molecule has 0 aliphatic carbocycles. The second-order valence-electron chi connectivity index (χ2n) is 4.38. The number of carbonyl (C=O) groups excluding carboxylic acids is 2. The molecule has 1 heterocycles. The van der Waals surface area contributed by atoms with Gasteiger partial charge >= 0.3 is 11.9 Å². The number of benzene rings is 1. The second kappa shape index (κ2) is 6.85. The average molecular weight is 343 g/mol. The summed E-state index contributed by atoms with van der Waals surface area (Å²) in [5, 5.41) is 0.612. The van der Waals surface area contributed by atoms with E-state index in [4.69, 9.17) is 32.4 Å². The smallest absolute Gasteiger partial charge is 0.341 e. The Kier molecular flexibility index (Phi) is 5.11. The van der Waals surface area contributed by atoms with Gasteiger partial charge in [-0.2, -0.15) is 0 Å². The minimum absolute atomic E-state index is 0.114. The summed E-state index contributed by atoms with van der Waals surface area (Å²) in [6.07, 6.45) is 0. The maximum absolute atomic E-state index is 11.9. The maximum Gasteiger partial charge on any atom is 0.341 e. The fraction of sp³-hybridized carbons (Fsp3) is 0.200. The van der Waals surface area contributed by atoms with E-state index in [0.29, 0.717) is 22.1 Å². The van der Waals surface area contributed by atoms with Crippen LogP contribution in [0.3, 0.4) is 0 Å². The molecule has 0 spiro atoms. The van der Waals surface area contributed by atoms with Crippen LogP contribution in [0.5, 0.6) is 0 Å². The normalized spacial score (nSPS) is 10.4. The lowest BCUT2D eigenvalue weighted by Gasteiger charge is -2.04. The topological polar surface area (TPSA) is 65.7 Å². The third-order valence-corrected chi connectivity index (χ3v) is 3.61. The van der Waals surface area contributed by atoms with Crippen LogP contribution in [-0.4, -0.2) is 19.0 Å². The molecule has 0 saturated heterocycles. The SMILES string of the molecule is COC(=O)c1cc(COC(=O)c2ccc(Cl)c(Cl)c2)oc1C. The van der Waals surface area contributed by atoms with Crippen LogP contribution in [0, 0.1) is 6.92 Å².